The summed E-state index contributed by atoms with van der Waals surface area (Å²) in [4.78, 5) is 1.47. The summed E-state index contributed by atoms with van der Waals surface area (Å²) in [5, 5.41) is 33.2. The van der Waals surface area contributed by atoms with E-state index in [-0.39, 0.29) is 0 Å². The normalized spacial score (nSPS) is 10.6. The highest BCUT2D eigenvalue weighted by Crippen LogP contribution is 2.04. The van der Waals surface area contributed by atoms with Crippen LogP contribution in [0.15, 0.2) is 6.33 Å². The van der Waals surface area contributed by atoms with Crippen LogP contribution < -0.4 is 0 Å². The molecule has 0 spiro atoms. The molecule has 3 heterocycles. The predicted octanol–water partition coefficient (Wildman–Crippen LogP) is 1.15. The summed E-state index contributed by atoms with van der Waals surface area (Å²) in [5.74, 6) is 2.04. The molecule has 0 amide bonds. The number of aromatic nitrogens is 12. The molecule has 0 fully saturated rings. The van der Waals surface area contributed by atoms with Gasteiger partial charge >= 0.3 is 0 Å². The summed E-state index contributed by atoms with van der Waals surface area (Å²) in [6.07, 6.45) is 1.60. The summed E-state index contributed by atoms with van der Waals surface area (Å²) < 4.78 is 3.47. The third kappa shape index (κ3) is 6.99. The Kier molecular flexibility index (Phi) is 8.38. The first-order chi connectivity index (χ1) is 12.2. The van der Waals surface area contributed by atoms with Crippen LogP contribution in [0.25, 0.3) is 0 Å². The minimum atomic E-state index is 0.361. The van der Waals surface area contributed by atoms with Gasteiger partial charge in [-0.25, -0.2) is 9.36 Å². The monoisotopic (exact) mass is 364 g/mol. The van der Waals surface area contributed by atoms with Gasteiger partial charge in [-0.2, -0.15) is 4.80 Å². The summed E-state index contributed by atoms with van der Waals surface area (Å²) in [5.41, 5.74) is 0. The second-order valence-electron chi connectivity index (χ2n) is 6.44. The van der Waals surface area contributed by atoms with Crippen LogP contribution in [0.2, 0.25) is 0 Å². The van der Waals surface area contributed by atoms with Crippen molar-refractivity contribution in [1.82, 2.24) is 60.6 Å². The quantitative estimate of drug-likeness (QED) is 0.671. The highest BCUT2D eigenvalue weighted by molar-refractivity contribution is 4.84. The largest absolute Gasteiger partial charge is 0.230 e. The highest BCUT2D eigenvalue weighted by Gasteiger charge is 2.03. The van der Waals surface area contributed by atoms with Gasteiger partial charge in [-0.05, 0) is 60.7 Å². The molecule has 3 aromatic rings. The first kappa shape index (κ1) is 21.3. The van der Waals surface area contributed by atoms with E-state index in [1.165, 1.54) is 4.80 Å². The van der Waals surface area contributed by atoms with Crippen molar-refractivity contribution in [2.24, 2.45) is 7.05 Å². The topological polar surface area (TPSA) is 131 Å². The summed E-state index contributed by atoms with van der Waals surface area (Å²) in [6, 6.07) is 0.727. The van der Waals surface area contributed by atoms with Gasteiger partial charge in [0.15, 0.2) is 5.82 Å². The number of hydrogen-bond acceptors (Lipinski definition) is 9. The molecule has 0 aliphatic carbocycles. The molecular formula is C14H28N12. The lowest BCUT2D eigenvalue weighted by atomic mass is 10.2. The van der Waals surface area contributed by atoms with Crippen LogP contribution in [0, 0.1) is 6.92 Å². The molecule has 26 heavy (non-hydrogen) atoms. The predicted molar refractivity (Wildman–Crippen MR) is 94.0 cm³/mol. The van der Waals surface area contributed by atoms with E-state index in [4.69, 9.17) is 0 Å². The Balaban J connectivity index is 0.000000195. The fraction of sp³-hybridized carbons (Fsp3) is 0.786. The molecule has 0 aliphatic rings. The molecule has 0 aliphatic heterocycles. The van der Waals surface area contributed by atoms with Gasteiger partial charge in [0, 0.05) is 12.0 Å². The zero-order chi connectivity index (χ0) is 19.7. The maximum Gasteiger partial charge on any atom is 0.177 e. The summed E-state index contributed by atoms with van der Waals surface area (Å²) in [6.45, 7) is 14.1. The van der Waals surface area contributed by atoms with E-state index in [0.717, 1.165) is 11.6 Å². The van der Waals surface area contributed by atoms with Gasteiger partial charge in [-0.1, -0.05) is 13.8 Å². The van der Waals surface area contributed by atoms with Crippen LogP contribution in [-0.2, 0) is 7.05 Å². The SMILES string of the molecule is CC(C)c1nnn(C)n1.CC(C)n1cnnn1.Cc1nnnn1C(C)C. The third-order valence-electron chi connectivity index (χ3n) is 3.08. The molecule has 0 aromatic carbocycles. The van der Waals surface area contributed by atoms with Crippen LogP contribution in [0.4, 0.5) is 0 Å². The Hall–Kier alpha value is -2.79. The highest BCUT2D eigenvalue weighted by atomic mass is 15.6. The molecule has 0 saturated carbocycles. The fourth-order valence-electron chi connectivity index (χ4n) is 1.65. The van der Waals surface area contributed by atoms with Crippen molar-refractivity contribution >= 4 is 0 Å². The molecule has 3 aromatic heterocycles. The molecule has 12 nitrogen and oxygen atoms in total. The van der Waals surface area contributed by atoms with Crippen molar-refractivity contribution in [3.05, 3.63) is 18.0 Å². The minimum absolute atomic E-state index is 0.361. The van der Waals surface area contributed by atoms with Crippen LogP contribution >= 0.6 is 0 Å². The van der Waals surface area contributed by atoms with E-state index in [1.54, 1.807) is 22.7 Å². The molecule has 0 N–H and O–H groups in total. The smallest absolute Gasteiger partial charge is 0.177 e. The number of rotatable bonds is 3. The van der Waals surface area contributed by atoms with Gasteiger partial charge in [-0.3, -0.25) is 0 Å². The van der Waals surface area contributed by atoms with Gasteiger partial charge in [0.1, 0.15) is 12.2 Å². The van der Waals surface area contributed by atoms with Crippen LogP contribution in [0.1, 0.15) is 71.2 Å². The number of nitrogens with zero attached hydrogens (tertiary/aromatic N) is 12. The maximum absolute atomic E-state index is 4.00. The van der Waals surface area contributed by atoms with Gasteiger partial charge in [0.05, 0.1) is 13.1 Å². The Morgan fingerprint density at radius 2 is 1.54 bits per heavy atom. The Labute approximate surface area is 153 Å². The lowest BCUT2D eigenvalue weighted by Gasteiger charge is -2.02. The first-order valence-corrected chi connectivity index (χ1v) is 8.43. The molecule has 0 saturated heterocycles. The molecule has 12 heteroatoms. The second kappa shape index (κ2) is 10.3. The minimum Gasteiger partial charge on any atom is -0.230 e. The number of aryl methyl sites for hydroxylation is 2. The second-order valence-corrected chi connectivity index (χ2v) is 6.44. The zero-order valence-corrected chi connectivity index (χ0v) is 16.7. The number of hydrogen-bond donors (Lipinski definition) is 0. The summed E-state index contributed by atoms with van der Waals surface area (Å²) in [7, 11) is 1.76. The van der Waals surface area contributed by atoms with Crippen LogP contribution in [-0.4, -0.2) is 60.6 Å². The number of tetrazole rings is 3. The zero-order valence-electron chi connectivity index (χ0n) is 16.7. The molecule has 144 valence electrons. The average molecular weight is 364 g/mol. The molecule has 0 bridgehead atoms. The molecule has 0 radical (unpaired) electrons. The van der Waals surface area contributed by atoms with Crippen molar-refractivity contribution in [3.8, 4) is 0 Å². The Bertz CT molecular complexity index is 725. The van der Waals surface area contributed by atoms with Crippen LogP contribution in [0.3, 0.4) is 0 Å². The van der Waals surface area contributed by atoms with E-state index < -0.39 is 0 Å². The van der Waals surface area contributed by atoms with Crippen molar-refractivity contribution < 1.29 is 0 Å². The van der Waals surface area contributed by atoms with Gasteiger partial charge in [0.25, 0.3) is 0 Å². The molecular weight excluding hydrogens is 336 g/mol. The Morgan fingerprint density at radius 3 is 1.77 bits per heavy atom. The summed E-state index contributed by atoms with van der Waals surface area (Å²) >= 11 is 0. The van der Waals surface area contributed by atoms with Gasteiger partial charge in [-0.15, -0.1) is 20.4 Å². The Morgan fingerprint density at radius 1 is 0.846 bits per heavy atom. The van der Waals surface area contributed by atoms with Crippen molar-refractivity contribution in [1.29, 1.82) is 0 Å². The van der Waals surface area contributed by atoms with E-state index in [9.17, 15) is 0 Å². The van der Waals surface area contributed by atoms with Gasteiger partial charge < -0.3 is 0 Å². The van der Waals surface area contributed by atoms with Crippen molar-refractivity contribution in [3.63, 3.8) is 0 Å². The molecule has 3 rings (SSSR count). The molecule has 0 unspecified atom stereocenters. The van der Waals surface area contributed by atoms with Crippen molar-refractivity contribution in [2.75, 3.05) is 0 Å². The van der Waals surface area contributed by atoms with Crippen LogP contribution in [0.5, 0.6) is 0 Å². The third-order valence-corrected chi connectivity index (χ3v) is 3.08. The van der Waals surface area contributed by atoms with E-state index in [2.05, 4.69) is 46.5 Å². The van der Waals surface area contributed by atoms with E-state index >= 15 is 0 Å². The van der Waals surface area contributed by atoms with E-state index in [0.29, 0.717) is 18.0 Å². The van der Waals surface area contributed by atoms with Gasteiger partial charge in [0.2, 0.25) is 0 Å². The fourth-order valence-corrected chi connectivity index (χ4v) is 1.65. The first-order valence-electron chi connectivity index (χ1n) is 8.43. The van der Waals surface area contributed by atoms with Crippen molar-refractivity contribution in [2.45, 2.75) is 66.5 Å². The average Bonchev–Trinajstić information content (AvgIpc) is 3.28. The lowest BCUT2D eigenvalue weighted by molar-refractivity contribution is 0.502. The molecule has 0 atom stereocenters. The lowest BCUT2D eigenvalue weighted by Crippen LogP contribution is -2.04. The van der Waals surface area contributed by atoms with E-state index in [1.807, 2.05) is 48.5 Å². The maximum atomic E-state index is 4.00. The standard InChI is InChI=1S/2C5H10N4.C4H8N4/c1-4(2)5-6-8-9(3)7-5;1-4(2)9-5(3)6-7-8-9;1-4(2)8-3-5-6-7-8/h2*4H,1-3H3;3-4H,1-2H3.